The fourth-order valence-electron chi connectivity index (χ4n) is 1.33. The summed E-state index contributed by atoms with van der Waals surface area (Å²) in [5, 5.41) is 16.8. The van der Waals surface area contributed by atoms with Crippen molar-refractivity contribution in [1.29, 1.82) is 5.26 Å². The molecular weight excluding hydrogens is 190 g/mol. The molecule has 0 saturated carbocycles. The van der Waals surface area contributed by atoms with Gasteiger partial charge in [0.1, 0.15) is 11.8 Å². The molecule has 0 atom stereocenters. The minimum atomic E-state index is 0.429. The summed E-state index contributed by atoms with van der Waals surface area (Å²) in [6.07, 6.45) is 4.89. The Balaban J connectivity index is 2.35. The van der Waals surface area contributed by atoms with Crippen LogP contribution in [0.15, 0.2) is 24.7 Å². The molecule has 0 amide bonds. The van der Waals surface area contributed by atoms with Gasteiger partial charge in [-0.05, 0) is 18.6 Å². The van der Waals surface area contributed by atoms with Gasteiger partial charge < -0.3 is 0 Å². The van der Waals surface area contributed by atoms with Gasteiger partial charge in [0, 0.05) is 11.8 Å². The molecule has 74 valence electrons. The lowest BCUT2D eigenvalue weighted by Crippen LogP contribution is -2.06. The van der Waals surface area contributed by atoms with Gasteiger partial charge in [-0.3, -0.25) is 0 Å². The summed E-state index contributed by atoms with van der Waals surface area (Å²) < 4.78 is 0. The van der Waals surface area contributed by atoms with E-state index in [0.29, 0.717) is 12.2 Å². The third-order valence-corrected chi connectivity index (χ3v) is 1.99. The van der Waals surface area contributed by atoms with Gasteiger partial charge in [0.15, 0.2) is 0 Å². The summed E-state index contributed by atoms with van der Waals surface area (Å²) in [6.45, 7) is 2.42. The van der Waals surface area contributed by atoms with E-state index in [1.807, 2.05) is 13.0 Å². The zero-order valence-corrected chi connectivity index (χ0v) is 8.25. The number of nitrogens with zero attached hydrogens (tertiary/aromatic N) is 5. The number of aromatic nitrogens is 4. The van der Waals surface area contributed by atoms with Crippen molar-refractivity contribution < 1.29 is 0 Å². The third-order valence-electron chi connectivity index (χ3n) is 1.99. The standard InChI is InChI=1S/C10H9N5/c1-8-4-9(10(5-11)12-6-8)7-15-13-2-3-14-15/h2-4,6H,7H2,1H3. The van der Waals surface area contributed by atoms with Gasteiger partial charge in [-0.15, -0.1) is 0 Å². The second-order valence-electron chi connectivity index (χ2n) is 3.19. The van der Waals surface area contributed by atoms with Crippen molar-refractivity contribution in [2.24, 2.45) is 0 Å². The molecule has 15 heavy (non-hydrogen) atoms. The summed E-state index contributed by atoms with van der Waals surface area (Å²) in [5.41, 5.74) is 2.29. The molecule has 2 rings (SSSR count). The monoisotopic (exact) mass is 199 g/mol. The van der Waals surface area contributed by atoms with Crippen LogP contribution in [-0.2, 0) is 6.54 Å². The first-order chi connectivity index (χ1) is 7.29. The number of aryl methyl sites for hydroxylation is 1. The van der Waals surface area contributed by atoms with Crippen LogP contribution in [0.25, 0.3) is 0 Å². The van der Waals surface area contributed by atoms with Gasteiger partial charge in [-0.1, -0.05) is 0 Å². The average Bonchev–Trinajstić information content (AvgIpc) is 2.71. The highest BCUT2D eigenvalue weighted by Gasteiger charge is 2.05. The van der Waals surface area contributed by atoms with Crippen LogP contribution in [0.3, 0.4) is 0 Å². The van der Waals surface area contributed by atoms with E-state index in [9.17, 15) is 0 Å². The Hall–Kier alpha value is -2.22. The molecule has 0 N–H and O–H groups in total. The van der Waals surface area contributed by atoms with Crippen LogP contribution in [0.5, 0.6) is 0 Å². The molecule has 0 saturated heterocycles. The van der Waals surface area contributed by atoms with E-state index in [0.717, 1.165) is 11.1 Å². The molecule has 0 aliphatic carbocycles. The second kappa shape index (κ2) is 3.88. The molecule has 0 aliphatic heterocycles. The Kier molecular flexibility index (Phi) is 2.42. The summed E-state index contributed by atoms with van der Waals surface area (Å²) in [7, 11) is 0. The second-order valence-corrected chi connectivity index (χ2v) is 3.19. The Morgan fingerprint density at radius 2 is 2.13 bits per heavy atom. The van der Waals surface area contributed by atoms with Crippen molar-refractivity contribution >= 4 is 0 Å². The van der Waals surface area contributed by atoms with Crippen LogP contribution >= 0.6 is 0 Å². The fraction of sp³-hybridized carbons (Fsp3) is 0.200. The van der Waals surface area contributed by atoms with Gasteiger partial charge in [0.2, 0.25) is 0 Å². The van der Waals surface area contributed by atoms with Gasteiger partial charge in [0.05, 0.1) is 18.9 Å². The topological polar surface area (TPSA) is 67.4 Å². The summed E-state index contributed by atoms with van der Waals surface area (Å²) >= 11 is 0. The van der Waals surface area contributed by atoms with Gasteiger partial charge in [-0.25, -0.2) is 4.98 Å². The van der Waals surface area contributed by atoms with E-state index in [1.54, 1.807) is 18.6 Å². The number of hydrogen-bond donors (Lipinski definition) is 0. The van der Waals surface area contributed by atoms with Crippen molar-refractivity contribution in [2.75, 3.05) is 0 Å². The molecule has 0 bridgehead atoms. The summed E-state index contributed by atoms with van der Waals surface area (Å²) in [6, 6.07) is 3.98. The van der Waals surface area contributed by atoms with Crippen LogP contribution in [0.2, 0.25) is 0 Å². The molecule has 0 aliphatic rings. The first-order valence-electron chi connectivity index (χ1n) is 4.49. The normalized spacial score (nSPS) is 9.87. The minimum absolute atomic E-state index is 0.429. The average molecular weight is 199 g/mol. The Labute approximate surface area is 87.0 Å². The molecule has 5 heteroatoms. The number of hydrogen-bond acceptors (Lipinski definition) is 4. The molecular formula is C10H9N5. The van der Waals surface area contributed by atoms with Gasteiger partial charge in [-0.2, -0.15) is 20.3 Å². The van der Waals surface area contributed by atoms with Crippen LogP contribution in [-0.4, -0.2) is 20.0 Å². The van der Waals surface area contributed by atoms with Gasteiger partial charge in [0.25, 0.3) is 0 Å². The van der Waals surface area contributed by atoms with E-state index < -0.39 is 0 Å². The lowest BCUT2D eigenvalue weighted by atomic mass is 10.1. The van der Waals surface area contributed by atoms with Crippen molar-refractivity contribution in [1.82, 2.24) is 20.0 Å². The fourth-order valence-corrected chi connectivity index (χ4v) is 1.33. The van der Waals surface area contributed by atoms with E-state index in [2.05, 4.69) is 21.3 Å². The molecule has 0 aromatic carbocycles. The smallest absolute Gasteiger partial charge is 0.145 e. The van der Waals surface area contributed by atoms with E-state index >= 15 is 0 Å². The zero-order valence-electron chi connectivity index (χ0n) is 8.25. The van der Waals surface area contributed by atoms with Crippen molar-refractivity contribution in [3.05, 3.63) is 41.5 Å². The lowest BCUT2D eigenvalue weighted by Gasteiger charge is -2.03. The maximum atomic E-state index is 8.88. The lowest BCUT2D eigenvalue weighted by molar-refractivity contribution is 0.589. The maximum Gasteiger partial charge on any atom is 0.145 e. The maximum absolute atomic E-state index is 8.88. The highest BCUT2D eigenvalue weighted by molar-refractivity contribution is 5.33. The Morgan fingerprint density at radius 1 is 1.40 bits per heavy atom. The van der Waals surface area contributed by atoms with Crippen molar-refractivity contribution in [2.45, 2.75) is 13.5 Å². The van der Waals surface area contributed by atoms with E-state index in [4.69, 9.17) is 5.26 Å². The van der Waals surface area contributed by atoms with Gasteiger partial charge >= 0.3 is 0 Å². The van der Waals surface area contributed by atoms with Crippen LogP contribution < -0.4 is 0 Å². The molecule has 5 nitrogen and oxygen atoms in total. The third kappa shape index (κ3) is 1.99. The van der Waals surface area contributed by atoms with Crippen LogP contribution in [0.4, 0.5) is 0 Å². The molecule has 0 radical (unpaired) electrons. The zero-order chi connectivity index (χ0) is 10.7. The molecule has 0 unspecified atom stereocenters. The first-order valence-corrected chi connectivity index (χ1v) is 4.49. The number of pyridine rings is 1. The Morgan fingerprint density at radius 3 is 2.80 bits per heavy atom. The highest BCUT2D eigenvalue weighted by Crippen LogP contribution is 2.08. The molecule has 0 spiro atoms. The highest BCUT2D eigenvalue weighted by atomic mass is 15.5. The SMILES string of the molecule is Cc1cnc(C#N)c(Cn2nccn2)c1. The molecule has 2 aromatic rings. The van der Waals surface area contributed by atoms with Crippen LogP contribution in [0.1, 0.15) is 16.8 Å². The molecule has 2 heterocycles. The van der Waals surface area contributed by atoms with Crippen molar-refractivity contribution in [3.8, 4) is 6.07 Å². The quantitative estimate of drug-likeness (QED) is 0.720. The number of nitriles is 1. The summed E-state index contributed by atoms with van der Waals surface area (Å²) in [5.74, 6) is 0. The molecule has 0 fully saturated rings. The predicted octanol–water partition coefficient (Wildman–Crippen LogP) is 0.901. The van der Waals surface area contributed by atoms with Crippen LogP contribution in [0, 0.1) is 18.3 Å². The van der Waals surface area contributed by atoms with E-state index in [-0.39, 0.29) is 0 Å². The predicted molar refractivity (Wildman–Crippen MR) is 52.8 cm³/mol. The van der Waals surface area contributed by atoms with Crippen molar-refractivity contribution in [3.63, 3.8) is 0 Å². The Bertz CT molecular complexity index is 495. The van der Waals surface area contributed by atoms with E-state index in [1.165, 1.54) is 4.80 Å². The minimum Gasteiger partial charge on any atom is -0.245 e. The first kappa shape index (κ1) is 9.34. The summed E-state index contributed by atoms with van der Waals surface area (Å²) in [4.78, 5) is 5.57. The number of rotatable bonds is 2. The largest absolute Gasteiger partial charge is 0.245 e. The molecule has 2 aromatic heterocycles.